The van der Waals surface area contributed by atoms with Gasteiger partial charge in [0.25, 0.3) is 0 Å². The van der Waals surface area contributed by atoms with Crippen LogP contribution in [0.1, 0.15) is 61.3 Å². The molecule has 18 heavy (non-hydrogen) atoms. The summed E-state index contributed by atoms with van der Waals surface area (Å²) in [5, 5.41) is 8.18. The molecule has 2 atom stereocenters. The molecule has 0 spiro atoms. The first-order valence-corrected chi connectivity index (χ1v) is 6.50. The van der Waals surface area contributed by atoms with E-state index in [0.717, 1.165) is 12.8 Å². The average molecular weight is 260 g/mol. The van der Waals surface area contributed by atoms with E-state index < -0.39 is 5.97 Å². The third-order valence-corrected chi connectivity index (χ3v) is 2.46. The number of esters is 1. The Hall–Kier alpha value is -1.06. The van der Waals surface area contributed by atoms with E-state index in [2.05, 4.69) is 0 Å². The second-order valence-corrected chi connectivity index (χ2v) is 5.49. The summed E-state index contributed by atoms with van der Waals surface area (Å²) in [5.41, 5.74) is -0.347. The van der Waals surface area contributed by atoms with Crippen molar-refractivity contribution < 1.29 is 19.4 Å². The number of carboxylic acids is 1. The number of ether oxygens (including phenoxy) is 1. The Morgan fingerprint density at radius 3 is 1.61 bits per heavy atom. The minimum atomic E-state index is -0.706. The highest BCUT2D eigenvalue weighted by molar-refractivity contribution is 5.72. The quantitative estimate of drug-likeness (QED) is 0.786. The highest BCUT2D eigenvalue weighted by Gasteiger charge is 2.19. The van der Waals surface area contributed by atoms with Crippen molar-refractivity contribution in [2.24, 2.45) is 11.8 Å². The molecule has 0 aromatic rings. The first-order chi connectivity index (χ1) is 8.05. The van der Waals surface area contributed by atoms with E-state index in [1.54, 1.807) is 6.92 Å². The van der Waals surface area contributed by atoms with Crippen LogP contribution in [0.2, 0.25) is 0 Å². The van der Waals surface area contributed by atoms with Gasteiger partial charge in [-0.05, 0) is 33.6 Å². The Labute approximate surface area is 111 Å². The maximum atomic E-state index is 11.2. The van der Waals surface area contributed by atoms with Crippen LogP contribution >= 0.6 is 0 Å². The summed E-state index contributed by atoms with van der Waals surface area (Å²) in [7, 11) is 0. The number of rotatable bonds is 4. The maximum Gasteiger partial charge on any atom is 0.309 e. The number of aliphatic carboxylic acids is 1. The molecule has 0 aliphatic rings. The van der Waals surface area contributed by atoms with E-state index >= 15 is 0 Å². The Bertz CT molecular complexity index is 253. The standard InChI is InChI=1S/C9H18O2.C5H10O2/c1-6-7(2)8(10)11-9(3,4)5;1-3-4(2)5(6)7/h7H,6H2,1-5H3;4H,3H2,1-2H3,(H,6,7). The van der Waals surface area contributed by atoms with Crippen LogP contribution in [-0.4, -0.2) is 22.6 Å². The lowest BCUT2D eigenvalue weighted by atomic mass is 10.1. The number of hydrogen-bond donors (Lipinski definition) is 1. The number of carboxylic acid groups (broad SMARTS) is 1. The molecular formula is C14H28O4. The van der Waals surface area contributed by atoms with E-state index in [4.69, 9.17) is 9.84 Å². The van der Waals surface area contributed by atoms with Crippen LogP contribution in [0.15, 0.2) is 0 Å². The third-order valence-electron chi connectivity index (χ3n) is 2.46. The molecule has 0 aliphatic carbocycles. The Morgan fingerprint density at radius 1 is 1.06 bits per heavy atom. The topological polar surface area (TPSA) is 63.6 Å². The van der Waals surface area contributed by atoms with E-state index in [0.29, 0.717) is 0 Å². The van der Waals surface area contributed by atoms with Gasteiger partial charge in [0, 0.05) is 0 Å². The average Bonchev–Trinajstić information content (AvgIpc) is 2.25. The normalized spacial score (nSPS) is 13.9. The summed E-state index contributed by atoms with van der Waals surface area (Å²) < 4.78 is 5.15. The van der Waals surface area contributed by atoms with Gasteiger partial charge in [0.1, 0.15) is 5.60 Å². The van der Waals surface area contributed by atoms with Gasteiger partial charge in [-0.25, -0.2) is 0 Å². The lowest BCUT2D eigenvalue weighted by Crippen LogP contribution is -2.27. The fourth-order valence-electron chi connectivity index (χ4n) is 0.744. The van der Waals surface area contributed by atoms with Crippen LogP contribution in [0.25, 0.3) is 0 Å². The van der Waals surface area contributed by atoms with Gasteiger partial charge in [-0.3, -0.25) is 9.59 Å². The van der Waals surface area contributed by atoms with Gasteiger partial charge in [0.05, 0.1) is 11.8 Å². The summed E-state index contributed by atoms with van der Waals surface area (Å²) in [6, 6.07) is 0. The molecule has 0 saturated heterocycles. The largest absolute Gasteiger partial charge is 0.481 e. The highest BCUT2D eigenvalue weighted by Crippen LogP contribution is 2.12. The van der Waals surface area contributed by atoms with E-state index in [-0.39, 0.29) is 23.4 Å². The first kappa shape index (κ1) is 19.3. The van der Waals surface area contributed by atoms with Crippen molar-refractivity contribution in [2.45, 2.75) is 66.9 Å². The van der Waals surface area contributed by atoms with Gasteiger partial charge in [-0.15, -0.1) is 0 Å². The number of hydrogen-bond acceptors (Lipinski definition) is 3. The molecule has 1 N–H and O–H groups in total. The SMILES string of the molecule is CCC(C)C(=O)O.CCC(C)C(=O)OC(C)(C)C. The zero-order valence-corrected chi connectivity index (χ0v) is 12.7. The molecule has 0 aromatic heterocycles. The summed E-state index contributed by atoms with van der Waals surface area (Å²) in [4.78, 5) is 21.1. The van der Waals surface area contributed by atoms with E-state index in [1.165, 1.54) is 0 Å². The lowest BCUT2D eigenvalue weighted by molar-refractivity contribution is -0.159. The van der Waals surface area contributed by atoms with Crippen LogP contribution in [0.5, 0.6) is 0 Å². The molecular weight excluding hydrogens is 232 g/mol. The lowest BCUT2D eigenvalue weighted by Gasteiger charge is -2.21. The van der Waals surface area contributed by atoms with Crippen LogP contribution in [0.3, 0.4) is 0 Å². The number of carbonyl (C=O) groups excluding carboxylic acids is 1. The molecule has 0 aromatic carbocycles. The van der Waals surface area contributed by atoms with E-state index in [9.17, 15) is 9.59 Å². The predicted molar refractivity (Wildman–Crippen MR) is 72.4 cm³/mol. The van der Waals surface area contributed by atoms with Gasteiger partial charge in [0.2, 0.25) is 0 Å². The molecule has 0 bridgehead atoms. The molecule has 4 heteroatoms. The second-order valence-electron chi connectivity index (χ2n) is 5.49. The zero-order valence-electron chi connectivity index (χ0n) is 12.7. The van der Waals surface area contributed by atoms with Crippen LogP contribution in [0, 0.1) is 11.8 Å². The Balaban J connectivity index is 0. The van der Waals surface area contributed by atoms with E-state index in [1.807, 2.05) is 41.5 Å². The van der Waals surface area contributed by atoms with Crippen molar-refractivity contribution in [1.29, 1.82) is 0 Å². The minimum Gasteiger partial charge on any atom is -0.481 e. The molecule has 0 rings (SSSR count). The van der Waals surface area contributed by atoms with Crippen molar-refractivity contribution in [3.05, 3.63) is 0 Å². The smallest absolute Gasteiger partial charge is 0.309 e. The van der Waals surface area contributed by atoms with Gasteiger partial charge in [0.15, 0.2) is 0 Å². The predicted octanol–water partition coefficient (Wildman–Crippen LogP) is 3.49. The molecule has 4 nitrogen and oxygen atoms in total. The van der Waals surface area contributed by atoms with Crippen molar-refractivity contribution in [3.63, 3.8) is 0 Å². The maximum absolute atomic E-state index is 11.2. The second kappa shape index (κ2) is 8.95. The van der Waals surface area contributed by atoms with Gasteiger partial charge >= 0.3 is 11.9 Å². The summed E-state index contributed by atoms with van der Waals surface area (Å²) >= 11 is 0. The third kappa shape index (κ3) is 11.4. The van der Waals surface area contributed by atoms with Crippen molar-refractivity contribution in [2.75, 3.05) is 0 Å². The molecule has 0 amide bonds. The molecule has 108 valence electrons. The molecule has 0 radical (unpaired) electrons. The summed E-state index contributed by atoms with van der Waals surface area (Å²) in [6.45, 7) is 13.1. The van der Waals surface area contributed by atoms with Crippen molar-refractivity contribution in [1.82, 2.24) is 0 Å². The molecule has 2 unspecified atom stereocenters. The molecule has 0 saturated carbocycles. The molecule has 0 heterocycles. The molecule has 0 aliphatic heterocycles. The highest BCUT2D eigenvalue weighted by atomic mass is 16.6. The monoisotopic (exact) mass is 260 g/mol. The zero-order chi connectivity index (χ0) is 14.9. The van der Waals surface area contributed by atoms with Gasteiger partial charge in [-0.1, -0.05) is 27.7 Å². The van der Waals surface area contributed by atoms with Crippen LogP contribution in [0.4, 0.5) is 0 Å². The Kier molecular flexibility index (Phi) is 9.59. The number of carbonyl (C=O) groups is 2. The van der Waals surface area contributed by atoms with Gasteiger partial charge < -0.3 is 9.84 Å². The summed E-state index contributed by atoms with van der Waals surface area (Å²) in [6.07, 6.45) is 1.56. The minimum absolute atomic E-state index is 0.0224. The molecule has 0 fully saturated rings. The Morgan fingerprint density at radius 2 is 1.44 bits per heavy atom. The fraction of sp³-hybridized carbons (Fsp3) is 0.857. The van der Waals surface area contributed by atoms with Crippen LogP contribution in [-0.2, 0) is 14.3 Å². The summed E-state index contributed by atoms with van der Waals surface area (Å²) in [5.74, 6) is -0.961. The van der Waals surface area contributed by atoms with Gasteiger partial charge in [-0.2, -0.15) is 0 Å². The fourth-order valence-corrected chi connectivity index (χ4v) is 0.744. The van der Waals surface area contributed by atoms with Crippen molar-refractivity contribution in [3.8, 4) is 0 Å². The van der Waals surface area contributed by atoms with Crippen molar-refractivity contribution >= 4 is 11.9 Å². The first-order valence-electron chi connectivity index (χ1n) is 6.50. The van der Waals surface area contributed by atoms with Crippen LogP contribution < -0.4 is 0 Å².